The van der Waals surface area contributed by atoms with E-state index in [1.54, 1.807) is 6.07 Å². The van der Waals surface area contributed by atoms with Crippen LogP contribution < -0.4 is 4.98 Å². The number of benzene rings is 4. The van der Waals surface area contributed by atoms with E-state index < -0.39 is 5.97 Å². The molecule has 7 aromatic rings. The van der Waals surface area contributed by atoms with E-state index in [0.29, 0.717) is 5.69 Å². The minimum atomic E-state index is -1.07. The van der Waals surface area contributed by atoms with Crippen LogP contribution in [0.15, 0.2) is 78.9 Å². The molecule has 0 saturated carbocycles. The van der Waals surface area contributed by atoms with Crippen molar-refractivity contribution in [3.05, 3.63) is 107 Å². The van der Waals surface area contributed by atoms with Gasteiger partial charge in [-0.1, -0.05) is 107 Å². The summed E-state index contributed by atoms with van der Waals surface area (Å²) in [6.07, 6.45) is 0. The molecule has 7 rings (SSSR count). The molecular weight excluding hydrogens is 812 g/mol. The summed E-state index contributed by atoms with van der Waals surface area (Å²) >= 11 is 0. The Morgan fingerprint density at radius 2 is 1.39 bits per heavy atom. The molecule has 7 heteroatoms. The van der Waals surface area contributed by atoms with Gasteiger partial charge in [-0.3, -0.25) is 0 Å². The first-order valence-electron chi connectivity index (χ1n) is 17.4. The summed E-state index contributed by atoms with van der Waals surface area (Å²) in [7, 11) is 0. The van der Waals surface area contributed by atoms with E-state index in [2.05, 4.69) is 133 Å². The summed E-state index contributed by atoms with van der Waals surface area (Å²) in [6, 6.07) is 27.3. The van der Waals surface area contributed by atoms with Gasteiger partial charge in [-0.15, -0.1) is 11.0 Å². The van der Waals surface area contributed by atoms with Crippen molar-refractivity contribution in [1.82, 2.24) is 19.5 Å². The van der Waals surface area contributed by atoms with Gasteiger partial charge in [0.25, 0.3) is 0 Å². The van der Waals surface area contributed by atoms with Gasteiger partial charge in [-0.25, -0.2) is 14.8 Å². The third kappa shape index (κ3) is 6.55. The van der Waals surface area contributed by atoms with Crippen molar-refractivity contribution >= 4 is 38.8 Å². The van der Waals surface area contributed by atoms with Crippen LogP contribution in [0.4, 0.5) is 0 Å². The number of aryl methyl sites for hydroxylation is 2. The number of para-hydroxylation sites is 1. The summed E-state index contributed by atoms with van der Waals surface area (Å²) in [6.45, 7) is 21.9. The van der Waals surface area contributed by atoms with E-state index >= 15 is 0 Å². The predicted octanol–water partition coefficient (Wildman–Crippen LogP) is 11.2. The summed E-state index contributed by atoms with van der Waals surface area (Å²) in [5, 5.41) is 12.4. The van der Waals surface area contributed by atoms with E-state index in [4.69, 9.17) is 9.97 Å². The Kier molecular flexibility index (Phi) is 9.17. The van der Waals surface area contributed by atoms with E-state index in [1.807, 2.05) is 18.2 Å². The fourth-order valence-electron chi connectivity index (χ4n) is 7.12. The minimum Gasteiger partial charge on any atom is -0.656 e. The third-order valence-corrected chi connectivity index (χ3v) is 9.71. The topological polar surface area (TPSA) is 82.1 Å². The molecule has 0 atom stereocenters. The molecule has 0 unspecified atom stereocenters. The number of pyridine rings is 1. The van der Waals surface area contributed by atoms with E-state index in [0.717, 1.165) is 72.0 Å². The second kappa shape index (κ2) is 12.9. The molecule has 0 bridgehead atoms. The molecule has 0 amide bonds. The van der Waals surface area contributed by atoms with E-state index in [1.165, 1.54) is 11.1 Å². The van der Waals surface area contributed by atoms with Gasteiger partial charge in [-0.05, 0) is 95.8 Å². The Morgan fingerprint density at radius 1 is 0.745 bits per heavy atom. The average molecular weight is 857 g/mol. The molecule has 1 N–H and O–H groups in total. The monoisotopic (exact) mass is 856 g/mol. The number of rotatable bonds is 5. The molecule has 3 aromatic heterocycles. The van der Waals surface area contributed by atoms with Crippen LogP contribution in [0.3, 0.4) is 0 Å². The van der Waals surface area contributed by atoms with Gasteiger partial charge in [0.05, 0.1) is 16.7 Å². The second-order valence-corrected chi connectivity index (χ2v) is 16.1. The molecule has 0 fully saturated rings. The van der Waals surface area contributed by atoms with Crippen molar-refractivity contribution in [3.8, 4) is 33.8 Å². The SMILES string of the molecule is Cc1cc(C)cc(-c2cc(C(=O)O)nc(-c3cccc4c3nc(-c3cc(C(C)(C)C)cc5c3[n-]c3ccc(C(C)(C)C)cc35)n4C(C)C)c2)c1.[Pt]. The predicted molar refractivity (Wildman–Crippen MR) is 206 cm³/mol. The smallest absolute Gasteiger partial charge is 0.354 e. The summed E-state index contributed by atoms with van der Waals surface area (Å²) in [5.41, 5.74) is 12.4. The van der Waals surface area contributed by atoms with Crippen LogP contribution >= 0.6 is 0 Å². The zero-order valence-corrected chi connectivity index (χ0v) is 33.3. The largest absolute Gasteiger partial charge is 0.656 e. The maximum Gasteiger partial charge on any atom is 0.354 e. The third-order valence-electron chi connectivity index (χ3n) is 9.71. The first-order valence-corrected chi connectivity index (χ1v) is 17.4. The fourth-order valence-corrected chi connectivity index (χ4v) is 7.12. The van der Waals surface area contributed by atoms with Crippen LogP contribution in [0, 0.1) is 13.8 Å². The molecule has 0 saturated heterocycles. The average Bonchev–Trinajstić information content (AvgIpc) is 3.61. The Labute approximate surface area is 314 Å². The van der Waals surface area contributed by atoms with E-state index in [9.17, 15) is 9.90 Å². The molecule has 0 aliphatic carbocycles. The van der Waals surface area contributed by atoms with E-state index in [-0.39, 0.29) is 43.6 Å². The zero-order valence-electron chi connectivity index (χ0n) is 31.0. The van der Waals surface area contributed by atoms with Gasteiger partial charge in [0.15, 0.2) is 0 Å². The van der Waals surface area contributed by atoms with Crippen LogP contribution in [0.2, 0.25) is 0 Å². The molecule has 0 aliphatic rings. The second-order valence-electron chi connectivity index (χ2n) is 16.1. The molecule has 0 aliphatic heterocycles. The van der Waals surface area contributed by atoms with Crippen LogP contribution in [-0.2, 0) is 31.9 Å². The van der Waals surface area contributed by atoms with Gasteiger partial charge in [0.1, 0.15) is 11.5 Å². The maximum absolute atomic E-state index is 12.4. The number of hydrogen-bond acceptors (Lipinski definition) is 3. The number of nitrogens with zero attached hydrogens (tertiary/aromatic N) is 4. The number of fused-ring (bicyclic) bond motifs is 4. The van der Waals surface area contributed by atoms with Crippen LogP contribution in [0.5, 0.6) is 0 Å². The molecule has 51 heavy (non-hydrogen) atoms. The number of aromatic nitrogens is 4. The molecule has 264 valence electrons. The van der Waals surface area contributed by atoms with Crippen LogP contribution in [-0.4, -0.2) is 25.6 Å². The first kappa shape index (κ1) is 36.3. The standard InChI is InChI=1S/C44H46N4O2.Pt/c1-24(2)48-38-13-11-12-31(36-19-28(20-37(45-36)42(49)50)27-17-25(3)16-26(4)18-27)40(38)47-41(48)34-23-30(44(8,9)10)22-33-32-21-29(43(5,6)7)14-15-35(32)46-39(33)34;/h11-24H,1-10H3,(H2,45,46,47,49,50);/p-1. The van der Waals surface area contributed by atoms with Crippen molar-refractivity contribution in [3.63, 3.8) is 0 Å². The van der Waals surface area contributed by atoms with Gasteiger partial charge >= 0.3 is 5.97 Å². The van der Waals surface area contributed by atoms with Crippen molar-refractivity contribution in [1.29, 1.82) is 0 Å². The summed E-state index contributed by atoms with van der Waals surface area (Å²) in [5.74, 6) is -0.232. The normalized spacial score (nSPS) is 12.3. The van der Waals surface area contributed by atoms with Crippen molar-refractivity contribution in [2.24, 2.45) is 0 Å². The summed E-state index contributed by atoms with van der Waals surface area (Å²) < 4.78 is 2.28. The Bertz CT molecular complexity index is 2470. The van der Waals surface area contributed by atoms with Gasteiger partial charge in [-0.2, -0.15) is 0 Å². The number of carbonyl (C=O) groups is 1. The number of carboxylic acids is 1. The molecule has 0 radical (unpaired) electrons. The Hall–Kier alpha value is -4.54. The number of aromatic carboxylic acids is 1. The van der Waals surface area contributed by atoms with Gasteiger partial charge < -0.3 is 14.7 Å². The molecule has 0 spiro atoms. The Balaban J connectivity index is 0.00000448. The Morgan fingerprint density at radius 3 is 2.02 bits per heavy atom. The minimum absolute atomic E-state index is 0. The van der Waals surface area contributed by atoms with Gasteiger partial charge in [0, 0.05) is 38.2 Å². The molecule has 3 heterocycles. The van der Waals surface area contributed by atoms with Crippen LogP contribution in [0.25, 0.3) is 66.6 Å². The number of carboxylic acid groups (broad SMARTS) is 1. The molecule has 4 aromatic carbocycles. The van der Waals surface area contributed by atoms with Gasteiger partial charge in [0.2, 0.25) is 0 Å². The molecule has 6 nitrogen and oxygen atoms in total. The van der Waals surface area contributed by atoms with Crippen molar-refractivity contribution in [2.45, 2.75) is 86.1 Å². The number of imidazole rings is 1. The van der Waals surface area contributed by atoms with Crippen LogP contribution in [0.1, 0.15) is 94.2 Å². The quantitative estimate of drug-likeness (QED) is 0.186. The maximum atomic E-state index is 12.4. The van der Waals surface area contributed by atoms with Crippen molar-refractivity contribution in [2.75, 3.05) is 0 Å². The first-order chi connectivity index (χ1) is 23.5. The fraction of sp³-hybridized carbons (Fsp3) is 0.295. The zero-order chi connectivity index (χ0) is 35.9. The van der Waals surface area contributed by atoms with Crippen molar-refractivity contribution < 1.29 is 31.0 Å². The summed E-state index contributed by atoms with van der Waals surface area (Å²) in [4.78, 5) is 27.7. The number of hydrogen-bond donors (Lipinski definition) is 1. The molecular formula is C44H45N4O2Pt-.